The normalized spacial score (nSPS) is 19.8. The molecule has 0 aliphatic carbocycles. The highest BCUT2D eigenvalue weighted by Crippen LogP contribution is 2.18. The van der Waals surface area contributed by atoms with Gasteiger partial charge in [0.1, 0.15) is 10.3 Å². The van der Waals surface area contributed by atoms with Crippen LogP contribution in [-0.4, -0.2) is 40.8 Å². The summed E-state index contributed by atoms with van der Waals surface area (Å²) in [7, 11) is 0. The van der Waals surface area contributed by atoms with Crippen LogP contribution in [-0.2, 0) is 4.79 Å². The molecule has 2 heterocycles. The van der Waals surface area contributed by atoms with Gasteiger partial charge in [0.05, 0.1) is 0 Å². The minimum atomic E-state index is -0.199. The molecule has 0 saturated carbocycles. The maximum atomic E-state index is 12.4. The van der Waals surface area contributed by atoms with Crippen LogP contribution in [0.5, 0.6) is 0 Å². The highest BCUT2D eigenvalue weighted by atomic mass is 35.5. The summed E-state index contributed by atoms with van der Waals surface area (Å²) in [5, 5.41) is 3.08. The summed E-state index contributed by atoms with van der Waals surface area (Å²) in [5.41, 5.74) is 0.381. The zero-order chi connectivity index (χ0) is 14.0. The molecule has 1 N–H and O–H groups in total. The number of halogens is 2. The van der Waals surface area contributed by atoms with Crippen molar-refractivity contribution in [1.29, 1.82) is 0 Å². The first-order chi connectivity index (χ1) is 8.97. The Balaban J connectivity index is 2.24. The molecule has 19 heavy (non-hydrogen) atoms. The van der Waals surface area contributed by atoms with Crippen molar-refractivity contribution in [1.82, 2.24) is 15.2 Å². The largest absolute Gasteiger partial charge is 0.354 e. The fourth-order valence-electron chi connectivity index (χ4n) is 2.04. The summed E-state index contributed by atoms with van der Waals surface area (Å²) in [4.78, 5) is 29.3. The second kappa shape index (κ2) is 5.75. The Morgan fingerprint density at radius 1 is 1.42 bits per heavy atom. The van der Waals surface area contributed by atoms with Gasteiger partial charge in [0, 0.05) is 31.1 Å². The van der Waals surface area contributed by atoms with E-state index in [1.54, 1.807) is 4.90 Å². The molecule has 7 heteroatoms. The first-order valence-electron chi connectivity index (χ1n) is 5.88. The van der Waals surface area contributed by atoms with Crippen LogP contribution in [0.15, 0.2) is 12.1 Å². The number of rotatable bonds is 1. The van der Waals surface area contributed by atoms with E-state index in [2.05, 4.69) is 10.3 Å². The maximum absolute atomic E-state index is 12.4. The van der Waals surface area contributed by atoms with E-state index in [9.17, 15) is 9.59 Å². The minimum absolute atomic E-state index is 0.0476. The van der Waals surface area contributed by atoms with E-state index in [1.807, 2.05) is 6.92 Å². The number of hydrogen-bond donors (Lipinski definition) is 1. The molecule has 5 nitrogen and oxygen atoms in total. The van der Waals surface area contributed by atoms with Crippen molar-refractivity contribution >= 4 is 35.0 Å². The molecule has 1 aromatic heterocycles. The van der Waals surface area contributed by atoms with E-state index < -0.39 is 0 Å². The van der Waals surface area contributed by atoms with Crippen LogP contribution in [0.25, 0.3) is 0 Å². The first kappa shape index (κ1) is 14.1. The van der Waals surface area contributed by atoms with Gasteiger partial charge < -0.3 is 10.2 Å². The molecule has 1 fully saturated rings. The lowest BCUT2D eigenvalue weighted by Crippen LogP contribution is -2.39. The average Bonchev–Trinajstić information content (AvgIpc) is 2.48. The van der Waals surface area contributed by atoms with Crippen LogP contribution in [0.3, 0.4) is 0 Å². The highest BCUT2D eigenvalue weighted by molar-refractivity contribution is 6.33. The van der Waals surface area contributed by atoms with Crippen LogP contribution < -0.4 is 5.32 Å². The molecular weight excluding hydrogens is 289 g/mol. The molecule has 1 unspecified atom stereocenters. The molecule has 1 saturated heterocycles. The molecule has 1 atom stereocenters. The quantitative estimate of drug-likeness (QED) is 0.804. The lowest BCUT2D eigenvalue weighted by molar-refractivity contribution is -0.121. The van der Waals surface area contributed by atoms with Crippen LogP contribution in [0.4, 0.5) is 0 Å². The van der Waals surface area contributed by atoms with Crippen molar-refractivity contribution in [2.75, 3.05) is 13.1 Å². The van der Waals surface area contributed by atoms with Gasteiger partial charge in [-0.25, -0.2) is 4.98 Å². The first-order valence-corrected chi connectivity index (χ1v) is 6.63. The smallest absolute Gasteiger partial charge is 0.254 e. The number of nitrogens with zero attached hydrogens (tertiary/aromatic N) is 2. The van der Waals surface area contributed by atoms with Gasteiger partial charge in [-0.1, -0.05) is 23.2 Å². The molecule has 0 radical (unpaired) electrons. The summed E-state index contributed by atoms with van der Waals surface area (Å²) in [6.45, 7) is 2.75. The lowest BCUT2D eigenvalue weighted by Gasteiger charge is -2.26. The van der Waals surface area contributed by atoms with Gasteiger partial charge in [0.25, 0.3) is 5.91 Å². The monoisotopic (exact) mass is 301 g/mol. The summed E-state index contributed by atoms with van der Waals surface area (Å²) >= 11 is 11.6. The molecule has 0 aromatic carbocycles. The van der Waals surface area contributed by atoms with Crippen LogP contribution in [0.2, 0.25) is 10.3 Å². The molecule has 2 amide bonds. The average molecular weight is 302 g/mol. The molecule has 1 aliphatic heterocycles. The van der Waals surface area contributed by atoms with E-state index >= 15 is 0 Å². The molecular formula is C12H13Cl2N3O2. The topological polar surface area (TPSA) is 62.3 Å². The van der Waals surface area contributed by atoms with E-state index in [1.165, 1.54) is 12.1 Å². The molecule has 1 aromatic rings. The van der Waals surface area contributed by atoms with Crippen molar-refractivity contribution in [2.24, 2.45) is 0 Å². The predicted molar refractivity (Wildman–Crippen MR) is 72.4 cm³/mol. The number of carbonyl (C=O) groups is 2. The summed E-state index contributed by atoms with van der Waals surface area (Å²) in [6.07, 6.45) is 0.290. The summed E-state index contributed by atoms with van der Waals surface area (Å²) < 4.78 is 0. The number of amides is 2. The van der Waals surface area contributed by atoms with Crippen molar-refractivity contribution < 1.29 is 9.59 Å². The Hall–Kier alpha value is -1.33. The van der Waals surface area contributed by atoms with E-state index in [4.69, 9.17) is 23.2 Å². The standard InChI is InChI=1S/C12H13Cl2N3O2/c1-7-4-11(18)15-2-3-17(7)12(19)8-5-9(13)16-10(14)6-8/h5-7H,2-4H2,1H3,(H,15,18). The van der Waals surface area contributed by atoms with Crippen LogP contribution in [0.1, 0.15) is 23.7 Å². The van der Waals surface area contributed by atoms with E-state index in [0.29, 0.717) is 18.7 Å². The number of hydrogen-bond acceptors (Lipinski definition) is 3. The second-order valence-electron chi connectivity index (χ2n) is 4.40. The Labute approximate surface area is 120 Å². The molecule has 2 rings (SSSR count). The lowest BCUT2D eigenvalue weighted by atomic mass is 10.1. The second-order valence-corrected chi connectivity index (χ2v) is 5.18. The number of aromatic nitrogens is 1. The van der Waals surface area contributed by atoms with Gasteiger partial charge in [0.2, 0.25) is 5.91 Å². The van der Waals surface area contributed by atoms with Gasteiger partial charge >= 0.3 is 0 Å². The highest BCUT2D eigenvalue weighted by Gasteiger charge is 2.26. The summed E-state index contributed by atoms with van der Waals surface area (Å²) in [6, 6.07) is 2.78. The van der Waals surface area contributed by atoms with Crippen LogP contribution in [0, 0.1) is 0 Å². The van der Waals surface area contributed by atoms with Gasteiger partial charge in [-0.2, -0.15) is 0 Å². The number of pyridine rings is 1. The zero-order valence-electron chi connectivity index (χ0n) is 10.3. The van der Waals surface area contributed by atoms with Crippen molar-refractivity contribution in [3.05, 3.63) is 28.0 Å². The van der Waals surface area contributed by atoms with Gasteiger partial charge in [0.15, 0.2) is 0 Å². The third-order valence-corrected chi connectivity index (χ3v) is 3.35. The molecule has 0 spiro atoms. The predicted octanol–water partition coefficient (Wildman–Crippen LogP) is 1.74. The number of carbonyl (C=O) groups excluding carboxylic acids is 2. The van der Waals surface area contributed by atoms with Crippen molar-refractivity contribution in [3.63, 3.8) is 0 Å². The number of nitrogens with one attached hydrogen (secondary N) is 1. The third kappa shape index (κ3) is 3.36. The third-order valence-electron chi connectivity index (χ3n) is 2.96. The van der Waals surface area contributed by atoms with E-state index in [0.717, 1.165) is 0 Å². The molecule has 102 valence electrons. The van der Waals surface area contributed by atoms with Crippen molar-refractivity contribution in [3.8, 4) is 0 Å². The van der Waals surface area contributed by atoms with Gasteiger partial charge in [-0.05, 0) is 19.1 Å². The van der Waals surface area contributed by atoms with Gasteiger partial charge in [-0.3, -0.25) is 9.59 Å². The zero-order valence-corrected chi connectivity index (χ0v) is 11.8. The van der Waals surface area contributed by atoms with E-state index in [-0.39, 0.29) is 34.6 Å². The summed E-state index contributed by atoms with van der Waals surface area (Å²) in [5.74, 6) is -0.246. The fourth-order valence-corrected chi connectivity index (χ4v) is 2.50. The Kier molecular flexibility index (Phi) is 4.27. The molecule has 0 bridgehead atoms. The Morgan fingerprint density at radius 2 is 2.05 bits per heavy atom. The minimum Gasteiger partial charge on any atom is -0.354 e. The SMILES string of the molecule is CC1CC(=O)NCCN1C(=O)c1cc(Cl)nc(Cl)c1. The van der Waals surface area contributed by atoms with Gasteiger partial charge in [-0.15, -0.1) is 0 Å². The fraction of sp³-hybridized carbons (Fsp3) is 0.417. The van der Waals surface area contributed by atoms with Crippen LogP contribution >= 0.6 is 23.2 Å². The Bertz CT molecular complexity index is 501. The maximum Gasteiger partial charge on any atom is 0.254 e. The molecule has 1 aliphatic rings. The Morgan fingerprint density at radius 3 is 2.68 bits per heavy atom. The van der Waals surface area contributed by atoms with Crippen molar-refractivity contribution in [2.45, 2.75) is 19.4 Å².